The second-order valence-corrected chi connectivity index (χ2v) is 4.02. The van der Waals surface area contributed by atoms with Crippen LogP contribution in [0, 0.1) is 0 Å². The Hall–Kier alpha value is -0.960. The van der Waals surface area contributed by atoms with Gasteiger partial charge in [0, 0.05) is 22.3 Å². The summed E-state index contributed by atoms with van der Waals surface area (Å²) in [5.74, 6) is 0.116. The van der Waals surface area contributed by atoms with Crippen LogP contribution in [0.2, 0.25) is 0 Å². The van der Waals surface area contributed by atoms with Gasteiger partial charge in [0.15, 0.2) is 5.78 Å². The van der Waals surface area contributed by atoms with E-state index in [2.05, 4.69) is 20.9 Å². The third-order valence-electron chi connectivity index (χ3n) is 1.75. The minimum Gasteiger partial charge on any atom is -0.294 e. The molecule has 0 fully saturated rings. The lowest BCUT2D eigenvalue weighted by atomic mass is 10.1. The molecule has 1 aromatic carbocycles. The van der Waals surface area contributed by atoms with Gasteiger partial charge in [-0.2, -0.15) is 4.99 Å². The summed E-state index contributed by atoms with van der Waals surface area (Å²) in [6.45, 7) is 0. The molecule has 0 aliphatic heterocycles. The Morgan fingerprint density at radius 2 is 2.27 bits per heavy atom. The molecule has 15 heavy (non-hydrogen) atoms. The fourth-order valence-corrected chi connectivity index (χ4v) is 1.62. The van der Waals surface area contributed by atoms with Crippen molar-refractivity contribution in [2.24, 2.45) is 4.99 Å². The van der Waals surface area contributed by atoms with Crippen LogP contribution >= 0.6 is 27.5 Å². The SMILES string of the molecule is O=C=Nc1cc(Br)ccc1C(=O)CCCl. The van der Waals surface area contributed by atoms with Crippen LogP contribution in [0.25, 0.3) is 0 Å². The van der Waals surface area contributed by atoms with E-state index in [1.807, 2.05) is 0 Å². The number of hydrogen-bond acceptors (Lipinski definition) is 3. The molecule has 78 valence electrons. The third kappa shape index (κ3) is 3.27. The van der Waals surface area contributed by atoms with Crippen LogP contribution in [0.3, 0.4) is 0 Å². The summed E-state index contributed by atoms with van der Waals surface area (Å²) in [7, 11) is 0. The lowest BCUT2D eigenvalue weighted by Gasteiger charge is -2.02. The van der Waals surface area contributed by atoms with Gasteiger partial charge < -0.3 is 0 Å². The Bertz CT molecular complexity index is 427. The van der Waals surface area contributed by atoms with E-state index >= 15 is 0 Å². The molecule has 0 saturated carbocycles. The van der Waals surface area contributed by atoms with E-state index in [1.165, 1.54) is 6.08 Å². The van der Waals surface area contributed by atoms with Crippen molar-refractivity contribution >= 4 is 45.1 Å². The van der Waals surface area contributed by atoms with Gasteiger partial charge in [-0.1, -0.05) is 15.9 Å². The molecule has 0 N–H and O–H groups in total. The number of halogens is 2. The van der Waals surface area contributed by atoms with Gasteiger partial charge in [-0.25, -0.2) is 4.79 Å². The molecule has 0 aliphatic carbocycles. The summed E-state index contributed by atoms with van der Waals surface area (Å²) in [6, 6.07) is 4.91. The highest BCUT2D eigenvalue weighted by atomic mass is 79.9. The number of carbonyl (C=O) groups excluding carboxylic acids is 2. The molecule has 0 amide bonds. The summed E-state index contributed by atoms with van der Waals surface area (Å²) in [5.41, 5.74) is 0.705. The summed E-state index contributed by atoms with van der Waals surface area (Å²) >= 11 is 8.70. The standard InChI is InChI=1S/C10H7BrClNO2/c11-7-1-2-8(10(15)3-4-12)9(5-7)13-6-14/h1-2,5H,3-4H2. The van der Waals surface area contributed by atoms with Gasteiger partial charge in [-0.15, -0.1) is 11.6 Å². The van der Waals surface area contributed by atoms with Gasteiger partial charge in [0.25, 0.3) is 0 Å². The van der Waals surface area contributed by atoms with Crippen LogP contribution in [-0.4, -0.2) is 17.7 Å². The smallest absolute Gasteiger partial charge is 0.240 e. The summed E-state index contributed by atoms with van der Waals surface area (Å²) in [5, 5.41) is 0. The van der Waals surface area contributed by atoms with Crippen molar-refractivity contribution in [3.05, 3.63) is 28.2 Å². The van der Waals surface area contributed by atoms with Crippen molar-refractivity contribution in [1.82, 2.24) is 0 Å². The van der Waals surface area contributed by atoms with Gasteiger partial charge in [0.05, 0.1) is 5.69 Å². The number of ketones is 1. The first-order valence-electron chi connectivity index (χ1n) is 4.15. The fraction of sp³-hybridized carbons (Fsp3) is 0.200. The molecule has 0 radical (unpaired) electrons. The topological polar surface area (TPSA) is 46.5 Å². The van der Waals surface area contributed by atoms with Crippen molar-refractivity contribution in [2.75, 3.05) is 5.88 Å². The van der Waals surface area contributed by atoms with Crippen molar-refractivity contribution in [3.8, 4) is 0 Å². The van der Waals surface area contributed by atoms with Crippen molar-refractivity contribution in [2.45, 2.75) is 6.42 Å². The van der Waals surface area contributed by atoms with Crippen LogP contribution in [0.4, 0.5) is 5.69 Å². The maximum atomic E-state index is 11.6. The number of alkyl halides is 1. The Morgan fingerprint density at radius 1 is 1.53 bits per heavy atom. The van der Waals surface area contributed by atoms with E-state index in [4.69, 9.17) is 11.6 Å². The predicted octanol–water partition coefficient (Wildman–Crippen LogP) is 3.23. The predicted molar refractivity (Wildman–Crippen MR) is 61.6 cm³/mol. The Balaban J connectivity index is 3.16. The van der Waals surface area contributed by atoms with E-state index < -0.39 is 0 Å². The normalized spacial score (nSPS) is 9.47. The maximum absolute atomic E-state index is 11.6. The summed E-state index contributed by atoms with van der Waals surface area (Å²) < 4.78 is 0.749. The first-order chi connectivity index (χ1) is 7.19. The number of benzene rings is 1. The molecule has 0 aliphatic rings. The average molecular weight is 289 g/mol. The molecular formula is C10H7BrClNO2. The number of rotatable bonds is 4. The largest absolute Gasteiger partial charge is 0.294 e. The van der Waals surface area contributed by atoms with E-state index in [0.29, 0.717) is 11.3 Å². The van der Waals surface area contributed by atoms with Gasteiger partial charge in [-0.05, 0) is 18.2 Å². The molecule has 3 nitrogen and oxygen atoms in total. The minimum absolute atomic E-state index is 0.133. The zero-order chi connectivity index (χ0) is 11.3. The lowest BCUT2D eigenvalue weighted by molar-refractivity contribution is 0.0990. The molecule has 0 aromatic heterocycles. The van der Waals surface area contributed by atoms with E-state index in [0.717, 1.165) is 4.47 Å². The van der Waals surface area contributed by atoms with E-state index in [1.54, 1.807) is 18.2 Å². The van der Waals surface area contributed by atoms with E-state index in [-0.39, 0.29) is 18.1 Å². The Morgan fingerprint density at radius 3 is 2.87 bits per heavy atom. The van der Waals surface area contributed by atoms with Crippen molar-refractivity contribution in [3.63, 3.8) is 0 Å². The summed E-state index contributed by atoms with van der Waals surface area (Å²) in [6.07, 6.45) is 1.64. The number of isocyanates is 1. The number of carbonyl (C=O) groups is 1. The minimum atomic E-state index is -0.133. The molecule has 0 saturated heterocycles. The van der Waals surface area contributed by atoms with Gasteiger partial charge in [-0.3, -0.25) is 4.79 Å². The molecule has 0 unspecified atom stereocenters. The fourth-order valence-electron chi connectivity index (χ4n) is 1.10. The number of aliphatic imine (C=N–C) groups is 1. The number of hydrogen-bond donors (Lipinski definition) is 0. The molecule has 0 heterocycles. The number of nitrogens with zero attached hydrogens (tertiary/aromatic N) is 1. The monoisotopic (exact) mass is 287 g/mol. The lowest BCUT2D eigenvalue weighted by Crippen LogP contribution is -1.99. The summed E-state index contributed by atoms with van der Waals surface area (Å²) in [4.78, 5) is 25.2. The van der Waals surface area contributed by atoms with Crippen LogP contribution in [0.5, 0.6) is 0 Å². The number of Topliss-reactive ketones (excluding diaryl/α,β-unsaturated/α-hetero) is 1. The zero-order valence-corrected chi connectivity index (χ0v) is 10.0. The quantitative estimate of drug-likeness (QED) is 0.369. The Kier molecular flexibility index (Phi) is 4.69. The van der Waals surface area contributed by atoms with Gasteiger partial charge in [0.2, 0.25) is 6.08 Å². The van der Waals surface area contributed by atoms with E-state index in [9.17, 15) is 9.59 Å². The average Bonchev–Trinajstić information content (AvgIpc) is 2.18. The van der Waals surface area contributed by atoms with Crippen LogP contribution in [0.15, 0.2) is 27.7 Å². The van der Waals surface area contributed by atoms with Gasteiger partial charge in [0.1, 0.15) is 0 Å². The molecule has 1 rings (SSSR count). The molecule has 0 atom stereocenters. The maximum Gasteiger partial charge on any atom is 0.240 e. The van der Waals surface area contributed by atoms with Gasteiger partial charge >= 0.3 is 0 Å². The van der Waals surface area contributed by atoms with Crippen LogP contribution in [-0.2, 0) is 4.79 Å². The molecule has 0 spiro atoms. The van der Waals surface area contributed by atoms with Crippen LogP contribution < -0.4 is 0 Å². The zero-order valence-electron chi connectivity index (χ0n) is 7.67. The highest BCUT2D eigenvalue weighted by Gasteiger charge is 2.10. The second kappa shape index (κ2) is 5.81. The Labute approximate surface area is 100 Å². The first kappa shape index (κ1) is 12.1. The molecular weight excluding hydrogens is 281 g/mol. The first-order valence-corrected chi connectivity index (χ1v) is 5.48. The third-order valence-corrected chi connectivity index (χ3v) is 2.43. The second-order valence-electron chi connectivity index (χ2n) is 2.73. The molecule has 5 heteroatoms. The highest BCUT2D eigenvalue weighted by molar-refractivity contribution is 9.10. The van der Waals surface area contributed by atoms with Crippen molar-refractivity contribution in [1.29, 1.82) is 0 Å². The highest BCUT2D eigenvalue weighted by Crippen LogP contribution is 2.24. The molecule has 0 bridgehead atoms. The van der Waals surface area contributed by atoms with Crippen LogP contribution in [0.1, 0.15) is 16.8 Å². The van der Waals surface area contributed by atoms with Crippen molar-refractivity contribution < 1.29 is 9.59 Å². The molecule has 1 aromatic rings.